The summed E-state index contributed by atoms with van der Waals surface area (Å²) in [4.78, 5) is 12.1. The number of carbonyl (C=O) groups is 1. The summed E-state index contributed by atoms with van der Waals surface area (Å²) in [6.07, 6.45) is 1.05. The van der Waals surface area contributed by atoms with E-state index in [2.05, 4.69) is 17.6 Å². The van der Waals surface area contributed by atoms with Gasteiger partial charge in [-0.2, -0.15) is 0 Å². The summed E-state index contributed by atoms with van der Waals surface area (Å²) < 4.78 is 13.2. The zero-order chi connectivity index (χ0) is 13.1. The van der Waals surface area contributed by atoms with Gasteiger partial charge in [0.05, 0.1) is 0 Å². The summed E-state index contributed by atoms with van der Waals surface area (Å²) >= 11 is 0. The minimum atomic E-state index is -0.374. The van der Waals surface area contributed by atoms with E-state index in [-0.39, 0.29) is 17.8 Å². The number of hydrogen-bond acceptors (Lipinski definition) is 2. The highest BCUT2D eigenvalue weighted by Crippen LogP contribution is 2.14. The SMILES string of the molecule is Cc1ccc(F)cc1C(=O)N[C@@H]1CNCC[C@@H]1C. The molecule has 0 bridgehead atoms. The first-order valence-corrected chi connectivity index (χ1v) is 6.35. The summed E-state index contributed by atoms with van der Waals surface area (Å²) in [6, 6.07) is 4.42. The van der Waals surface area contributed by atoms with E-state index in [0.29, 0.717) is 11.5 Å². The molecule has 0 unspecified atom stereocenters. The molecule has 1 fully saturated rings. The number of hydrogen-bond donors (Lipinski definition) is 2. The van der Waals surface area contributed by atoms with Crippen LogP contribution in [0.2, 0.25) is 0 Å². The topological polar surface area (TPSA) is 41.1 Å². The number of amides is 1. The molecule has 1 heterocycles. The molecule has 1 saturated heterocycles. The van der Waals surface area contributed by atoms with Crippen LogP contribution in [0.25, 0.3) is 0 Å². The van der Waals surface area contributed by atoms with E-state index in [0.717, 1.165) is 25.1 Å². The summed E-state index contributed by atoms with van der Waals surface area (Å²) in [5.74, 6) is -0.114. The van der Waals surface area contributed by atoms with Gasteiger partial charge in [-0.05, 0) is 43.5 Å². The van der Waals surface area contributed by atoms with Gasteiger partial charge in [-0.1, -0.05) is 13.0 Å². The van der Waals surface area contributed by atoms with Gasteiger partial charge in [-0.15, -0.1) is 0 Å². The maximum Gasteiger partial charge on any atom is 0.251 e. The Balaban J connectivity index is 2.09. The van der Waals surface area contributed by atoms with E-state index < -0.39 is 0 Å². The van der Waals surface area contributed by atoms with Gasteiger partial charge in [0.25, 0.3) is 5.91 Å². The second kappa shape index (κ2) is 5.48. The van der Waals surface area contributed by atoms with Crippen LogP contribution in [0, 0.1) is 18.7 Å². The van der Waals surface area contributed by atoms with E-state index in [1.54, 1.807) is 6.07 Å². The molecule has 1 aromatic carbocycles. The smallest absolute Gasteiger partial charge is 0.251 e. The molecular formula is C14H19FN2O. The number of piperidine rings is 1. The van der Waals surface area contributed by atoms with E-state index in [9.17, 15) is 9.18 Å². The van der Waals surface area contributed by atoms with Crippen LogP contribution in [0.4, 0.5) is 4.39 Å². The first kappa shape index (κ1) is 13.0. The molecule has 2 N–H and O–H groups in total. The second-order valence-corrected chi connectivity index (χ2v) is 5.01. The quantitative estimate of drug-likeness (QED) is 0.841. The zero-order valence-electron chi connectivity index (χ0n) is 10.8. The van der Waals surface area contributed by atoms with Crippen molar-refractivity contribution in [1.29, 1.82) is 0 Å². The van der Waals surface area contributed by atoms with Crippen LogP contribution in [0.1, 0.15) is 29.3 Å². The summed E-state index contributed by atoms with van der Waals surface area (Å²) in [5, 5.41) is 6.24. The molecule has 0 aliphatic carbocycles. The van der Waals surface area contributed by atoms with Crippen molar-refractivity contribution in [3.05, 3.63) is 35.1 Å². The van der Waals surface area contributed by atoms with Crippen LogP contribution in [-0.2, 0) is 0 Å². The number of nitrogens with one attached hydrogen (secondary N) is 2. The van der Waals surface area contributed by atoms with Crippen LogP contribution in [0.3, 0.4) is 0 Å². The molecule has 0 radical (unpaired) electrons. The summed E-state index contributed by atoms with van der Waals surface area (Å²) in [5.41, 5.74) is 1.22. The number of rotatable bonds is 2. The fourth-order valence-corrected chi connectivity index (χ4v) is 2.27. The van der Waals surface area contributed by atoms with Gasteiger partial charge in [0.15, 0.2) is 0 Å². The molecule has 1 aliphatic heterocycles. The first-order chi connectivity index (χ1) is 8.58. The normalized spacial score (nSPS) is 23.7. The molecule has 2 rings (SSSR count). The van der Waals surface area contributed by atoms with E-state index in [1.165, 1.54) is 12.1 Å². The van der Waals surface area contributed by atoms with Gasteiger partial charge in [0.1, 0.15) is 5.82 Å². The van der Waals surface area contributed by atoms with Crippen molar-refractivity contribution in [2.45, 2.75) is 26.3 Å². The van der Waals surface area contributed by atoms with E-state index in [4.69, 9.17) is 0 Å². The van der Waals surface area contributed by atoms with Gasteiger partial charge in [-0.25, -0.2) is 4.39 Å². The predicted octanol–water partition coefficient (Wildman–Crippen LogP) is 1.86. The lowest BCUT2D eigenvalue weighted by Crippen LogP contribution is -2.50. The number of aryl methyl sites for hydroxylation is 1. The van der Waals surface area contributed by atoms with E-state index >= 15 is 0 Å². The summed E-state index contributed by atoms with van der Waals surface area (Å²) in [6.45, 7) is 5.72. The third-order valence-corrected chi connectivity index (χ3v) is 3.59. The molecule has 4 heteroatoms. The Morgan fingerprint density at radius 1 is 1.50 bits per heavy atom. The van der Waals surface area contributed by atoms with Gasteiger partial charge >= 0.3 is 0 Å². The van der Waals surface area contributed by atoms with Crippen LogP contribution in [0.15, 0.2) is 18.2 Å². The van der Waals surface area contributed by atoms with Crippen molar-refractivity contribution < 1.29 is 9.18 Å². The van der Waals surface area contributed by atoms with Crippen LogP contribution < -0.4 is 10.6 Å². The summed E-state index contributed by atoms with van der Waals surface area (Å²) in [7, 11) is 0. The lowest BCUT2D eigenvalue weighted by molar-refractivity contribution is 0.0914. The van der Waals surface area contributed by atoms with Crippen molar-refractivity contribution in [1.82, 2.24) is 10.6 Å². The van der Waals surface area contributed by atoms with E-state index in [1.807, 2.05) is 6.92 Å². The molecule has 0 saturated carbocycles. The second-order valence-electron chi connectivity index (χ2n) is 5.01. The largest absolute Gasteiger partial charge is 0.348 e. The Morgan fingerprint density at radius 3 is 3.00 bits per heavy atom. The standard InChI is InChI=1S/C14H19FN2O/c1-9-3-4-11(15)7-12(9)14(18)17-13-8-16-6-5-10(13)2/h3-4,7,10,13,16H,5-6,8H2,1-2H3,(H,17,18)/t10-,13+/m0/s1. The Morgan fingerprint density at radius 2 is 2.28 bits per heavy atom. The van der Waals surface area contributed by atoms with Crippen molar-refractivity contribution in [3.8, 4) is 0 Å². The molecule has 2 atom stereocenters. The highest BCUT2D eigenvalue weighted by atomic mass is 19.1. The minimum Gasteiger partial charge on any atom is -0.348 e. The van der Waals surface area contributed by atoms with Crippen LogP contribution >= 0.6 is 0 Å². The van der Waals surface area contributed by atoms with Gasteiger partial charge in [-0.3, -0.25) is 4.79 Å². The fourth-order valence-electron chi connectivity index (χ4n) is 2.27. The average molecular weight is 250 g/mol. The van der Waals surface area contributed by atoms with Gasteiger partial charge < -0.3 is 10.6 Å². The minimum absolute atomic E-state index is 0.119. The lowest BCUT2D eigenvalue weighted by atomic mass is 9.94. The number of carbonyl (C=O) groups excluding carboxylic acids is 1. The fraction of sp³-hybridized carbons (Fsp3) is 0.500. The molecule has 1 amide bonds. The monoisotopic (exact) mass is 250 g/mol. The molecule has 98 valence electrons. The zero-order valence-corrected chi connectivity index (χ0v) is 10.8. The van der Waals surface area contributed by atoms with Crippen molar-refractivity contribution in [3.63, 3.8) is 0 Å². The van der Waals surface area contributed by atoms with Crippen molar-refractivity contribution in [2.24, 2.45) is 5.92 Å². The van der Waals surface area contributed by atoms with Gasteiger partial charge in [0, 0.05) is 18.2 Å². The highest BCUT2D eigenvalue weighted by molar-refractivity contribution is 5.95. The molecular weight excluding hydrogens is 231 g/mol. The Kier molecular flexibility index (Phi) is 3.97. The predicted molar refractivity (Wildman–Crippen MR) is 69.0 cm³/mol. The Bertz CT molecular complexity index is 447. The third-order valence-electron chi connectivity index (χ3n) is 3.59. The van der Waals surface area contributed by atoms with Crippen LogP contribution in [-0.4, -0.2) is 25.0 Å². The average Bonchev–Trinajstić information content (AvgIpc) is 2.35. The molecule has 3 nitrogen and oxygen atoms in total. The molecule has 1 aliphatic rings. The maximum atomic E-state index is 13.2. The Labute approximate surface area is 107 Å². The maximum absolute atomic E-state index is 13.2. The lowest BCUT2D eigenvalue weighted by Gasteiger charge is -2.30. The molecule has 1 aromatic rings. The molecule has 0 aromatic heterocycles. The number of halogens is 1. The number of benzene rings is 1. The van der Waals surface area contributed by atoms with Crippen molar-refractivity contribution in [2.75, 3.05) is 13.1 Å². The molecule has 18 heavy (non-hydrogen) atoms. The Hall–Kier alpha value is -1.42. The van der Waals surface area contributed by atoms with Crippen molar-refractivity contribution >= 4 is 5.91 Å². The first-order valence-electron chi connectivity index (χ1n) is 6.35. The molecule has 0 spiro atoms. The van der Waals surface area contributed by atoms with Gasteiger partial charge in [0.2, 0.25) is 0 Å². The highest BCUT2D eigenvalue weighted by Gasteiger charge is 2.23. The van der Waals surface area contributed by atoms with Crippen LogP contribution in [0.5, 0.6) is 0 Å². The third kappa shape index (κ3) is 2.88.